The highest BCUT2D eigenvalue weighted by Gasteiger charge is 2.37. The molecule has 0 bridgehead atoms. The highest BCUT2D eigenvalue weighted by molar-refractivity contribution is 9.10. The van der Waals surface area contributed by atoms with Crippen molar-refractivity contribution < 1.29 is 35.1 Å². The maximum atomic E-state index is 13.6. The van der Waals surface area contributed by atoms with Gasteiger partial charge in [-0.25, -0.2) is 0 Å². The highest BCUT2D eigenvalue weighted by Crippen LogP contribution is 2.37. The van der Waals surface area contributed by atoms with Gasteiger partial charge in [0.15, 0.2) is 5.96 Å². The van der Waals surface area contributed by atoms with Gasteiger partial charge in [0.05, 0.1) is 54.3 Å². The van der Waals surface area contributed by atoms with Crippen LogP contribution in [0.3, 0.4) is 0 Å². The van der Waals surface area contributed by atoms with Crippen LogP contribution in [0.4, 0.5) is 11.4 Å². The standard InChI is InChI=1S/C37H45BrN6O7/c1-37(2,3)21-10-20(11-22(38)14-21)33(27(35(50)51)16-30(48)34-32(39)26-6-4-5-7-28(26)43-34)44-31(49)9-8-29(47)19-12-23(15-24(45)13-19)42-36-40-17-25(46)18-41-36/h4-7,10-15,25,27,29-30,32-33,45-48H,8-9,16-18,39H2,1-3H3,(H,44,49)(H,50,51)(H2,40,41,42)/t27-,29?,30?,32?,33?/m0/s1. The molecule has 0 radical (unpaired) electrons. The van der Waals surface area contributed by atoms with Crippen molar-refractivity contribution in [2.24, 2.45) is 21.6 Å². The third-order valence-electron chi connectivity index (χ3n) is 9.04. The summed E-state index contributed by atoms with van der Waals surface area (Å²) >= 11 is 3.55. The van der Waals surface area contributed by atoms with E-state index in [1.165, 1.54) is 12.1 Å². The minimum atomic E-state index is -1.31. The van der Waals surface area contributed by atoms with Gasteiger partial charge in [-0.15, -0.1) is 0 Å². The first-order valence-electron chi connectivity index (χ1n) is 16.8. The first-order chi connectivity index (χ1) is 24.1. The Kier molecular flexibility index (Phi) is 11.8. The van der Waals surface area contributed by atoms with Crippen molar-refractivity contribution in [3.8, 4) is 5.75 Å². The predicted octanol–water partition coefficient (Wildman–Crippen LogP) is 4.09. The van der Waals surface area contributed by atoms with Gasteiger partial charge in [-0.3, -0.25) is 19.6 Å². The van der Waals surface area contributed by atoms with Crippen molar-refractivity contribution in [3.05, 3.63) is 87.4 Å². The Bertz CT molecular complexity index is 1830. The number of amides is 1. The molecule has 2 aliphatic heterocycles. The first-order valence-corrected chi connectivity index (χ1v) is 17.6. The Labute approximate surface area is 304 Å². The lowest BCUT2D eigenvalue weighted by atomic mass is 9.82. The smallest absolute Gasteiger partial charge is 0.309 e. The van der Waals surface area contributed by atoms with Crippen LogP contribution in [-0.4, -0.2) is 74.4 Å². The van der Waals surface area contributed by atoms with E-state index in [1.54, 1.807) is 24.3 Å². The molecule has 10 N–H and O–H groups in total. The van der Waals surface area contributed by atoms with E-state index in [0.29, 0.717) is 39.5 Å². The van der Waals surface area contributed by atoms with Crippen molar-refractivity contribution in [1.29, 1.82) is 0 Å². The summed E-state index contributed by atoms with van der Waals surface area (Å²) in [5.41, 5.74) is 9.93. The number of hydrogen-bond donors (Lipinski definition) is 9. The van der Waals surface area contributed by atoms with Crippen molar-refractivity contribution >= 4 is 50.9 Å². The van der Waals surface area contributed by atoms with E-state index in [9.17, 15) is 35.1 Å². The van der Waals surface area contributed by atoms with E-state index in [4.69, 9.17) is 5.73 Å². The third-order valence-corrected chi connectivity index (χ3v) is 9.50. The summed E-state index contributed by atoms with van der Waals surface area (Å²) in [6, 6.07) is 15.4. The molecule has 2 aliphatic rings. The zero-order valence-electron chi connectivity index (χ0n) is 28.7. The summed E-state index contributed by atoms with van der Waals surface area (Å²) in [6.07, 6.45) is -3.55. The molecule has 0 saturated carbocycles. The lowest BCUT2D eigenvalue weighted by molar-refractivity contribution is -0.144. The monoisotopic (exact) mass is 764 g/mol. The van der Waals surface area contributed by atoms with Gasteiger partial charge in [0, 0.05) is 34.8 Å². The SMILES string of the molecule is CC(C)(C)c1cc(Br)cc(C(NC(=O)CCC(O)c2cc(O)cc(NC3=NCC(O)CN3)c2)[C@H](CC(O)C2=Nc3ccccc3C2N)C(=O)O)c1. The fraction of sp³-hybridized carbons (Fsp3) is 0.405. The second-order valence-corrected chi connectivity index (χ2v) is 15.0. The van der Waals surface area contributed by atoms with E-state index in [2.05, 4.69) is 41.9 Å². The Morgan fingerprint density at radius 2 is 1.80 bits per heavy atom. The number of β-amino-alcohol motifs (C(OH)–C–C–N with tert-alkyl or cyclic N) is 1. The molecule has 272 valence electrons. The summed E-state index contributed by atoms with van der Waals surface area (Å²) in [5, 5.41) is 61.8. The number of anilines is 1. The number of hydrogen-bond acceptors (Lipinski definition) is 11. The number of aliphatic carboxylic acids is 1. The molecule has 0 saturated heterocycles. The maximum absolute atomic E-state index is 13.6. The Morgan fingerprint density at radius 3 is 2.47 bits per heavy atom. The van der Waals surface area contributed by atoms with E-state index < -0.39 is 48.2 Å². The number of carboxylic acid groups (broad SMARTS) is 1. The number of carbonyl (C=O) groups excluding carboxylic acids is 1. The summed E-state index contributed by atoms with van der Waals surface area (Å²) in [7, 11) is 0. The van der Waals surface area contributed by atoms with Crippen LogP contribution in [0.5, 0.6) is 5.75 Å². The number of nitrogens with two attached hydrogens (primary N) is 1. The van der Waals surface area contributed by atoms with Crippen LogP contribution >= 0.6 is 15.9 Å². The number of nitrogens with one attached hydrogen (secondary N) is 3. The van der Waals surface area contributed by atoms with Crippen LogP contribution in [0.15, 0.2) is 75.1 Å². The minimum Gasteiger partial charge on any atom is -0.508 e. The molecule has 2 heterocycles. The van der Waals surface area contributed by atoms with Crippen molar-refractivity contribution in [1.82, 2.24) is 10.6 Å². The number of carboxylic acids is 1. The summed E-state index contributed by atoms with van der Waals surface area (Å²) in [6.45, 7) is 6.60. The average molecular weight is 766 g/mol. The lowest BCUT2D eigenvalue weighted by Gasteiger charge is -2.30. The number of phenols is 1. The Balaban J connectivity index is 1.35. The number of nitrogens with zero attached hydrogens (tertiary/aromatic N) is 2. The highest BCUT2D eigenvalue weighted by atomic mass is 79.9. The number of aliphatic hydroxyl groups is 3. The van der Waals surface area contributed by atoms with Crippen LogP contribution in [-0.2, 0) is 15.0 Å². The van der Waals surface area contributed by atoms with Crippen LogP contribution in [0, 0.1) is 5.92 Å². The quantitative estimate of drug-likeness (QED) is 0.129. The molecule has 0 aromatic heterocycles. The molecular weight excluding hydrogens is 720 g/mol. The summed E-state index contributed by atoms with van der Waals surface area (Å²) in [4.78, 5) is 35.2. The number of phenolic OH excluding ortho intramolecular Hbond substituents is 1. The van der Waals surface area contributed by atoms with Gasteiger partial charge in [-0.1, -0.05) is 61.0 Å². The third kappa shape index (κ3) is 9.51. The predicted molar refractivity (Wildman–Crippen MR) is 198 cm³/mol. The maximum Gasteiger partial charge on any atom is 0.309 e. The number of aliphatic hydroxyl groups excluding tert-OH is 3. The van der Waals surface area contributed by atoms with Gasteiger partial charge in [0.1, 0.15) is 5.75 Å². The van der Waals surface area contributed by atoms with Crippen LogP contribution in [0.1, 0.15) is 80.5 Å². The van der Waals surface area contributed by atoms with Gasteiger partial charge in [-0.05, 0) is 65.3 Å². The van der Waals surface area contributed by atoms with E-state index >= 15 is 0 Å². The van der Waals surface area contributed by atoms with E-state index in [1.807, 2.05) is 45.0 Å². The van der Waals surface area contributed by atoms with Gasteiger partial charge in [0.25, 0.3) is 0 Å². The number of aliphatic imine (C=N–C) groups is 2. The second kappa shape index (κ2) is 15.9. The lowest BCUT2D eigenvalue weighted by Crippen LogP contribution is -2.42. The van der Waals surface area contributed by atoms with E-state index in [-0.39, 0.29) is 42.7 Å². The largest absolute Gasteiger partial charge is 0.508 e. The second-order valence-electron chi connectivity index (χ2n) is 14.1. The number of fused-ring (bicyclic) bond motifs is 1. The fourth-order valence-corrected chi connectivity index (χ4v) is 6.73. The topological polar surface area (TPSA) is 222 Å². The van der Waals surface area contributed by atoms with Gasteiger partial charge >= 0.3 is 5.97 Å². The number of carbonyl (C=O) groups is 2. The number of benzene rings is 3. The summed E-state index contributed by atoms with van der Waals surface area (Å²) in [5.74, 6) is -2.74. The van der Waals surface area contributed by atoms with Gasteiger partial charge in [0.2, 0.25) is 5.91 Å². The van der Waals surface area contributed by atoms with Crippen LogP contribution in [0.2, 0.25) is 0 Å². The number of aromatic hydroxyl groups is 1. The van der Waals surface area contributed by atoms with Crippen LogP contribution in [0.25, 0.3) is 0 Å². The minimum absolute atomic E-state index is 0.0388. The molecule has 1 amide bonds. The number of halogens is 1. The molecule has 14 heteroatoms. The molecule has 51 heavy (non-hydrogen) atoms. The molecule has 6 atom stereocenters. The van der Waals surface area contributed by atoms with Crippen LogP contribution < -0.4 is 21.7 Å². The molecule has 0 fully saturated rings. The van der Waals surface area contributed by atoms with E-state index in [0.717, 1.165) is 11.1 Å². The van der Waals surface area contributed by atoms with Gasteiger partial charge in [-0.2, -0.15) is 0 Å². The molecule has 5 unspecified atom stereocenters. The molecular formula is C37H45BrN6O7. The number of para-hydroxylation sites is 1. The van der Waals surface area contributed by atoms with Crippen molar-refractivity contribution in [3.63, 3.8) is 0 Å². The molecule has 13 nitrogen and oxygen atoms in total. The molecule has 3 aromatic carbocycles. The number of rotatable bonds is 12. The first kappa shape index (κ1) is 37.9. The number of guanidine groups is 1. The Hall–Kier alpha value is -4.34. The van der Waals surface area contributed by atoms with Crippen molar-refractivity contribution in [2.45, 2.75) is 75.8 Å². The zero-order chi connectivity index (χ0) is 37.0. The molecule has 3 aromatic rings. The zero-order valence-corrected chi connectivity index (χ0v) is 30.3. The fourth-order valence-electron chi connectivity index (χ4n) is 6.22. The normalized spacial score (nSPS) is 19.5. The average Bonchev–Trinajstić information content (AvgIpc) is 3.41. The summed E-state index contributed by atoms with van der Waals surface area (Å²) < 4.78 is 0.695. The Morgan fingerprint density at radius 1 is 1.06 bits per heavy atom. The van der Waals surface area contributed by atoms with Crippen molar-refractivity contribution in [2.75, 3.05) is 18.4 Å². The molecule has 5 rings (SSSR count). The molecule has 0 spiro atoms. The molecule has 0 aliphatic carbocycles. The van der Waals surface area contributed by atoms with Gasteiger partial charge < -0.3 is 47.2 Å².